The summed E-state index contributed by atoms with van der Waals surface area (Å²) in [6.45, 7) is 2.04. The SMILES string of the molecule is Cc1nc(C=CC(=O)N(C)c2c(N)n(Cc3ccccc3)c(=O)[nH]c2=O)cs1. The Labute approximate surface area is 164 Å². The summed E-state index contributed by atoms with van der Waals surface area (Å²) in [5.41, 5.74) is 6.14. The molecule has 28 heavy (non-hydrogen) atoms. The molecule has 0 saturated carbocycles. The Bertz CT molecular complexity index is 1140. The third kappa shape index (κ3) is 4.09. The number of anilines is 2. The molecule has 0 radical (unpaired) electrons. The molecule has 2 aromatic heterocycles. The minimum atomic E-state index is -0.722. The molecule has 0 aliphatic rings. The predicted molar refractivity (Wildman–Crippen MR) is 111 cm³/mol. The van der Waals surface area contributed by atoms with Crippen LogP contribution in [0.25, 0.3) is 6.08 Å². The molecule has 1 amide bonds. The zero-order valence-corrected chi connectivity index (χ0v) is 16.2. The monoisotopic (exact) mass is 397 g/mol. The van der Waals surface area contributed by atoms with Crippen molar-refractivity contribution in [3.8, 4) is 0 Å². The van der Waals surface area contributed by atoms with Crippen LogP contribution in [0.15, 0.2) is 51.4 Å². The second-order valence-electron chi connectivity index (χ2n) is 6.09. The maximum atomic E-state index is 12.5. The second-order valence-corrected chi connectivity index (χ2v) is 7.15. The Morgan fingerprint density at radius 1 is 1.32 bits per heavy atom. The van der Waals surface area contributed by atoms with E-state index in [2.05, 4.69) is 9.97 Å². The van der Waals surface area contributed by atoms with Gasteiger partial charge in [-0.1, -0.05) is 30.3 Å². The molecule has 8 nitrogen and oxygen atoms in total. The highest BCUT2D eigenvalue weighted by Crippen LogP contribution is 2.17. The van der Waals surface area contributed by atoms with Crippen molar-refractivity contribution in [3.05, 3.63) is 78.9 Å². The van der Waals surface area contributed by atoms with Gasteiger partial charge in [-0.15, -0.1) is 11.3 Å². The maximum absolute atomic E-state index is 12.5. The van der Waals surface area contributed by atoms with Gasteiger partial charge < -0.3 is 10.6 Å². The summed E-state index contributed by atoms with van der Waals surface area (Å²) >= 11 is 1.47. The molecule has 3 N–H and O–H groups in total. The first kappa shape index (κ1) is 19.3. The molecular formula is C19H19N5O3S. The molecule has 3 rings (SSSR count). The number of aryl methyl sites for hydroxylation is 1. The van der Waals surface area contributed by atoms with E-state index in [9.17, 15) is 14.4 Å². The molecule has 0 unspecified atom stereocenters. The number of amides is 1. The van der Waals surface area contributed by atoms with Gasteiger partial charge in [0.25, 0.3) is 11.5 Å². The summed E-state index contributed by atoms with van der Waals surface area (Å²) in [7, 11) is 1.43. The van der Waals surface area contributed by atoms with E-state index in [0.29, 0.717) is 5.69 Å². The summed E-state index contributed by atoms with van der Waals surface area (Å²) < 4.78 is 1.23. The topological polar surface area (TPSA) is 114 Å². The normalized spacial score (nSPS) is 11.1. The standard InChI is InChI=1S/C19H19N5O3S/c1-12-21-14(11-28-12)8-9-15(25)23(2)16-17(20)24(19(27)22-18(16)26)10-13-6-4-3-5-7-13/h3-9,11H,10,20H2,1-2H3,(H,22,26,27). The zero-order chi connectivity index (χ0) is 20.3. The third-order valence-corrected chi connectivity index (χ3v) is 4.89. The number of hydrogen-bond donors (Lipinski definition) is 2. The number of nitrogens with two attached hydrogens (primary N) is 1. The van der Waals surface area contributed by atoms with Gasteiger partial charge in [0.05, 0.1) is 17.2 Å². The van der Waals surface area contributed by atoms with Crippen LogP contribution in [0.3, 0.4) is 0 Å². The number of carbonyl (C=O) groups is 1. The van der Waals surface area contributed by atoms with Crippen LogP contribution in [-0.2, 0) is 11.3 Å². The molecule has 2 heterocycles. The summed E-state index contributed by atoms with van der Waals surface area (Å²) in [5.74, 6) is -0.542. The molecule has 144 valence electrons. The highest BCUT2D eigenvalue weighted by atomic mass is 32.1. The molecule has 3 aromatic rings. The fourth-order valence-electron chi connectivity index (χ4n) is 2.66. The van der Waals surface area contributed by atoms with Gasteiger partial charge in [-0.2, -0.15) is 0 Å². The summed E-state index contributed by atoms with van der Waals surface area (Å²) in [6, 6.07) is 9.21. The van der Waals surface area contributed by atoms with Crippen LogP contribution in [0.4, 0.5) is 11.5 Å². The van der Waals surface area contributed by atoms with Crippen LogP contribution >= 0.6 is 11.3 Å². The van der Waals surface area contributed by atoms with Crippen molar-refractivity contribution < 1.29 is 4.79 Å². The second kappa shape index (κ2) is 8.05. The van der Waals surface area contributed by atoms with E-state index < -0.39 is 17.2 Å². The maximum Gasteiger partial charge on any atom is 0.330 e. The van der Waals surface area contributed by atoms with Crippen LogP contribution in [-0.4, -0.2) is 27.5 Å². The van der Waals surface area contributed by atoms with Crippen molar-refractivity contribution in [1.29, 1.82) is 0 Å². The van der Waals surface area contributed by atoms with E-state index >= 15 is 0 Å². The predicted octanol–water partition coefficient (Wildman–Crippen LogP) is 1.61. The Balaban J connectivity index is 1.93. The number of benzene rings is 1. The number of hydrogen-bond acceptors (Lipinski definition) is 6. The first-order valence-electron chi connectivity index (χ1n) is 8.41. The lowest BCUT2D eigenvalue weighted by Gasteiger charge is -2.19. The first-order chi connectivity index (χ1) is 13.4. The fourth-order valence-corrected chi connectivity index (χ4v) is 3.24. The number of likely N-dealkylation sites (N-methyl/N-ethyl adjacent to an activating group) is 1. The highest BCUT2D eigenvalue weighted by Gasteiger charge is 2.19. The number of nitrogen functional groups attached to an aromatic ring is 1. The average molecular weight is 397 g/mol. The molecule has 0 aliphatic heterocycles. The molecule has 9 heteroatoms. The van der Waals surface area contributed by atoms with Gasteiger partial charge in [0.15, 0.2) is 5.69 Å². The van der Waals surface area contributed by atoms with Crippen molar-refractivity contribution >= 4 is 34.8 Å². The van der Waals surface area contributed by atoms with Crippen LogP contribution in [0.2, 0.25) is 0 Å². The van der Waals surface area contributed by atoms with E-state index in [1.165, 1.54) is 29.0 Å². The molecule has 0 bridgehead atoms. The quantitative estimate of drug-likeness (QED) is 0.635. The lowest BCUT2D eigenvalue weighted by Crippen LogP contribution is -2.39. The van der Waals surface area contributed by atoms with Gasteiger partial charge in [-0.25, -0.2) is 9.78 Å². The minimum Gasteiger partial charge on any atom is -0.383 e. The van der Waals surface area contributed by atoms with E-state index in [1.807, 2.05) is 42.6 Å². The largest absolute Gasteiger partial charge is 0.383 e. The van der Waals surface area contributed by atoms with Gasteiger partial charge in [0, 0.05) is 18.5 Å². The summed E-state index contributed by atoms with van der Waals surface area (Å²) in [5, 5.41) is 2.70. The smallest absolute Gasteiger partial charge is 0.330 e. The van der Waals surface area contributed by atoms with Gasteiger partial charge in [-0.05, 0) is 18.6 Å². The fraction of sp³-hybridized carbons (Fsp3) is 0.158. The van der Waals surface area contributed by atoms with E-state index in [1.54, 1.807) is 6.08 Å². The average Bonchev–Trinajstić information content (AvgIpc) is 3.09. The molecule has 0 saturated heterocycles. The number of aromatic nitrogens is 3. The third-order valence-electron chi connectivity index (χ3n) is 4.10. The van der Waals surface area contributed by atoms with Crippen LogP contribution in [0.5, 0.6) is 0 Å². The number of aromatic amines is 1. The zero-order valence-electron chi connectivity index (χ0n) is 15.4. The van der Waals surface area contributed by atoms with Crippen LogP contribution in [0, 0.1) is 6.92 Å². The lowest BCUT2D eigenvalue weighted by molar-refractivity contribution is -0.113. The number of H-pyrrole nitrogens is 1. The molecule has 0 fully saturated rings. The van der Waals surface area contributed by atoms with Gasteiger partial charge in [0.1, 0.15) is 5.82 Å². The van der Waals surface area contributed by atoms with Crippen molar-refractivity contribution in [2.75, 3.05) is 17.7 Å². The molecule has 0 atom stereocenters. The van der Waals surface area contributed by atoms with E-state index in [-0.39, 0.29) is 18.1 Å². The van der Waals surface area contributed by atoms with Crippen molar-refractivity contribution in [3.63, 3.8) is 0 Å². The number of nitrogens with zero attached hydrogens (tertiary/aromatic N) is 3. The molecular weight excluding hydrogens is 378 g/mol. The first-order valence-corrected chi connectivity index (χ1v) is 9.29. The number of nitrogens with one attached hydrogen (secondary N) is 1. The van der Waals surface area contributed by atoms with E-state index in [0.717, 1.165) is 15.5 Å². The van der Waals surface area contributed by atoms with Gasteiger partial charge >= 0.3 is 5.69 Å². The van der Waals surface area contributed by atoms with E-state index in [4.69, 9.17) is 5.73 Å². The van der Waals surface area contributed by atoms with Crippen molar-refractivity contribution in [2.24, 2.45) is 0 Å². The molecule has 1 aromatic carbocycles. The van der Waals surface area contributed by atoms with Crippen LogP contribution in [0.1, 0.15) is 16.3 Å². The minimum absolute atomic E-state index is 0.0774. The Hall–Kier alpha value is -3.46. The number of rotatable bonds is 5. The summed E-state index contributed by atoms with van der Waals surface area (Å²) in [4.78, 5) is 44.6. The van der Waals surface area contributed by atoms with Crippen molar-refractivity contribution in [2.45, 2.75) is 13.5 Å². The van der Waals surface area contributed by atoms with Gasteiger partial charge in [-0.3, -0.25) is 19.1 Å². The number of thiazole rings is 1. The van der Waals surface area contributed by atoms with Gasteiger partial charge in [0.2, 0.25) is 0 Å². The highest BCUT2D eigenvalue weighted by molar-refractivity contribution is 7.09. The Morgan fingerprint density at radius 3 is 2.68 bits per heavy atom. The van der Waals surface area contributed by atoms with Crippen molar-refractivity contribution in [1.82, 2.24) is 14.5 Å². The Morgan fingerprint density at radius 2 is 2.04 bits per heavy atom. The molecule has 0 aliphatic carbocycles. The Kier molecular flexibility index (Phi) is 5.55. The van der Waals surface area contributed by atoms with Crippen LogP contribution < -0.4 is 21.9 Å². The molecule has 0 spiro atoms. The lowest BCUT2D eigenvalue weighted by atomic mass is 10.2. The number of carbonyl (C=O) groups excluding carboxylic acids is 1. The summed E-state index contributed by atoms with van der Waals surface area (Å²) in [6.07, 6.45) is 2.87.